The van der Waals surface area contributed by atoms with Crippen molar-refractivity contribution in [2.24, 2.45) is 0 Å². The van der Waals surface area contributed by atoms with E-state index in [0.29, 0.717) is 19.6 Å². The topological polar surface area (TPSA) is 41.4 Å². The Morgan fingerprint density at radius 2 is 1.71 bits per heavy atom. The van der Waals surface area contributed by atoms with E-state index < -0.39 is 0 Å². The first kappa shape index (κ1) is 13.0. The summed E-state index contributed by atoms with van der Waals surface area (Å²) in [5.74, 6) is 3.66. The Balaban J connectivity index is 1.45. The summed E-state index contributed by atoms with van der Waals surface area (Å²) in [7, 11) is 0. The van der Waals surface area contributed by atoms with Crippen LogP contribution < -0.4 is 23.8 Å². The molecular weight excluding hydrogens is 306 g/mol. The lowest BCUT2D eigenvalue weighted by Crippen LogP contribution is -3.13. The van der Waals surface area contributed by atoms with Crippen molar-refractivity contribution in [2.45, 2.75) is 25.4 Å². The second-order valence-corrected chi connectivity index (χ2v) is 6.93. The van der Waals surface area contributed by atoms with Gasteiger partial charge in [-0.25, -0.2) is 0 Å². The average Bonchev–Trinajstić information content (AvgIpc) is 3.26. The third-order valence-corrected chi connectivity index (χ3v) is 5.79. The fourth-order valence-corrected chi connectivity index (χ4v) is 4.60. The van der Waals surface area contributed by atoms with Crippen LogP contribution in [0.2, 0.25) is 0 Å². The molecule has 0 saturated heterocycles. The number of fused-ring (bicyclic) bond motifs is 7. The molecule has 1 unspecified atom stereocenters. The monoisotopic (exact) mass is 324 g/mol. The minimum absolute atomic E-state index is 0.339. The van der Waals surface area contributed by atoms with Gasteiger partial charge in [0.05, 0.1) is 12.1 Å². The van der Waals surface area contributed by atoms with Crippen molar-refractivity contribution in [3.05, 3.63) is 46.5 Å². The van der Waals surface area contributed by atoms with E-state index in [0.717, 1.165) is 48.9 Å². The fourth-order valence-electron chi connectivity index (χ4n) is 4.60. The van der Waals surface area contributed by atoms with Crippen molar-refractivity contribution in [1.82, 2.24) is 0 Å². The van der Waals surface area contributed by atoms with Gasteiger partial charge in [-0.2, -0.15) is 0 Å². The smallest absolute Gasteiger partial charge is 0.231 e. The summed E-state index contributed by atoms with van der Waals surface area (Å²) in [5.41, 5.74) is 5.56. The molecule has 4 aliphatic heterocycles. The molecule has 5 heteroatoms. The van der Waals surface area contributed by atoms with Gasteiger partial charge in [0, 0.05) is 18.4 Å². The lowest BCUT2D eigenvalue weighted by Gasteiger charge is -2.38. The molecule has 0 aromatic heterocycles. The number of hydrogen-bond acceptors (Lipinski definition) is 4. The summed E-state index contributed by atoms with van der Waals surface area (Å²) >= 11 is 0. The summed E-state index contributed by atoms with van der Waals surface area (Å²) in [4.78, 5) is 1.61. The predicted molar refractivity (Wildman–Crippen MR) is 84.8 cm³/mol. The Bertz CT molecular complexity index is 863. The van der Waals surface area contributed by atoms with Crippen molar-refractivity contribution in [3.63, 3.8) is 0 Å². The van der Waals surface area contributed by atoms with Crippen molar-refractivity contribution in [3.8, 4) is 23.0 Å². The summed E-state index contributed by atoms with van der Waals surface area (Å²) in [5, 5.41) is 0. The Kier molecular flexibility index (Phi) is 2.47. The fraction of sp³-hybridized carbons (Fsp3) is 0.368. The highest BCUT2D eigenvalue weighted by atomic mass is 16.7. The van der Waals surface area contributed by atoms with Crippen LogP contribution in [0, 0.1) is 0 Å². The maximum absolute atomic E-state index is 5.73. The Morgan fingerprint density at radius 1 is 0.875 bits per heavy atom. The first-order valence-electron chi connectivity index (χ1n) is 8.54. The van der Waals surface area contributed by atoms with Gasteiger partial charge in [0.25, 0.3) is 0 Å². The minimum Gasteiger partial charge on any atom is -0.454 e. The average molecular weight is 324 g/mol. The summed E-state index contributed by atoms with van der Waals surface area (Å²) < 4.78 is 22.4. The van der Waals surface area contributed by atoms with E-state index in [-0.39, 0.29) is 0 Å². The van der Waals surface area contributed by atoms with E-state index in [4.69, 9.17) is 18.9 Å². The maximum atomic E-state index is 5.73. The molecule has 0 fully saturated rings. The first-order chi connectivity index (χ1) is 11.9. The van der Waals surface area contributed by atoms with Gasteiger partial charge in [0.1, 0.15) is 12.6 Å². The molecule has 1 N–H and O–H groups in total. The van der Waals surface area contributed by atoms with Crippen LogP contribution >= 0.6 is 0 Å². The highest BCUT2D eigenvalue weighted by molar-refractivity contribution is 5.54. The van der Waals surface area contributed by atoms with Crippen LogP contribution in [0.1, 0.15) is 28.3 Å². The zero-order valence-electron chi connectivity index (χ0n) is 13.3. The molecular formula is C19H18NO4+. The number of quaternary nitrogens is 1. The SMILES string of the molecule is c1cc2c(c3c1C[C@@H]1c4cc5c(cc4CC[NH+]1C3)OCO5)OCO2. The number of ether oxygens (including phenoxy) is 4. The standard InChI is InChI=1S/C19H17NO4/c1-2-16-19(24-10-21-16)14-8-20-4-3-12-6-17-18(23-9-22-17)7-13(12)15(20)5-11(1)14/h1-2,6-7,15H,3-5,8-10H2/p+1/t15-/m1/s1. The summed E-state index contributed by atoms with van der Waals surface area (Å²) in [6, 6.07) is 9.13. The summed E-state index contributed by atoms with van der Waals surface area (Å²) in [6.45, 7) is 2.82. The molecule has 2 aromatic rings. The maximum Gasteiger partial charge on any atom is 0.231 e. The number of benzene rings is 2. The van der Waals surface area contributed by atoms with Gasteiger partial charge in [-0.1, -0.05) is 6.07 Å². The minimum atomic E-state index is 0.339. The third-order valence-electron chi connectivity index (χ3n) is 5.79. The Labute approximate surface area is 139 Å². The van der Waals surface area contributed by atoms with Crippen molar-refractivity contribution >= 4 is 0 Å². The molecule has 0 amide bonds. The lowest BCUT2D eigenvalue weighted by molar-refractivity contribution is -0.949. The molecule has 5 nitrogen and oxygen atoms in total. The predicted octanol–water partition coefficient (Wildman–Crippen LogP) is 1.38. The van der Waals surface area contributed by atoms with E-state index in [1.807, 2.05) is 0 Å². The van der Waals surface area contributed by atoms with E-state index in [2.05, 4.69) is 24.3 Å². The second kappa shape index (κ2) is 4.57. The number of rotatable bonds is 0. The van der Waals surface area contributed by atoms with Gasteiger partial charge >= 0.3 is 0 Å². The van der Waals surface area contributed by atoms with Crippen molar-refractivity contribution < 1.29 is 23.8 Å². The zero-order valence-corrected chi connectivity index (χ0v) is 13.3. The number of hydrogen-bond donors (Lipinski definition) is 1. The largest absolute Gasteiger partial charge is 0.454 e. The molecule has 0 radical (unpaired) electrons. The van der Waals surface area contributed by atoms with Crippen LogP contribution in [0.4, 0.5) is 0 Å². The first-order valence-corrected chi connectivity index (χ1v) is 8.54. The molecule has 4 heterocycles. The normalized spacial score (nSPS) is 25.0. The van der Waals surface area contributed by atoms with Gasteiger partial charge in [-0.3, -0.25) is 0 Å². The highest BCUT2D eigenvalue weighted by Crippen LogP contribution is 2.42. The number of nitrogens with one attached hydrogen (secondary N) is 1. The van der Waals surface area contributed by atoms with Gasteiger partial charge in [-0.15, -0.1) is 0 Å². The van der Waals surface area contributed by atoms with Crippen LogP contribution in [-0.2, 0) is 19.4 Å². The van der Waals surface area contributed by atoms with Gasteiger partial charge < -0.3 is 23.8 Å². The molecule has 4 aliphatic rings. The molecule has 24 heavy (non-hydrogen) atoms. The Hall–Kier alpha value is -2.40. The van der Waals surface area contributed by atoms with Crippen LogP contribution in [0.5, 0.6) is 23.0 Å². The van der Waals surface area contributed by atoms with Crippen LogP contribution in [-0.4, -0.2) is 20.1 Å². The molecule has 0 saturated carbocycles. The molecule has 2 aromatic carbocycles. The molecule has 122 valence electrons. The van der Waals surface area contributed by atoms with E-state index in [9.17, 15) is 0 Å². The molecule has 2 atom stereocenters. The third kappa shape index (κ3) is 1.68. The van der Waals surface area contributed by atoms with E-state index in [1.54, 1.807) is 4.90 Å². The quantitative estimate of drug-likeness (QED) is 0.795. The highest BCUT2D eigenvalue weighted by Gasteiger charge is 2.39. The molecule has 6 rings (SSSR count). The van der Waals surface area contributed by atoms with Crippen LogP contribution in [0.15, 0.2) is 24.3 Å². The Morgan fingerprint density at radius 3 is 2.67 bits per heavy atom. The van der Waals surface area contributed by atoms with Crippen molar-refractivity contribution in [2.75, 3.05) is 20.1 Å². The van der Waals surface area contributed by atoms with Crippen molar-refractivity contribution in [1.29, 1.82) is 0 Å². The van der Waals surface area contributed by atoms with Gasteiger partial charge in [0.2, 0.25) is 13.6 Å². The molecule has 0 spiro atoms. The van der Waals surface area contributed by atoms with Gasteiger partial charge in [-0.05, 0) is 29.3 Å². The van der Waals surface area contributed by atoms with E-state index >= 15 is 0 Å². The lowest BCUT2D eigenvalue weighted by atomic mass is 9.83. The van der Waals surface area contributed by atoms with Crippen LogP contribution in [0.25, 0.3) is 0 Å². The zero-order chi connectivity index (χ0) is 15.7. The van der Waals surface area contributed by atoms with Gasteiger partial charge in [0.15, 0.2) is 23.0 Å². The summed E-state index contributed by atoms with van der Waals surface area (Å²) in [6.07, 6.45) is 2.12. The van der Waals surface area contributed by atoms with E-state index in [1.165, 1.54) is 22.3 Å². The molecule has 0 aliphatic carbocycles. The van der Waals surface area contributed by atoms with Crippen LogP contribution in [0.3, 0.4) is 0 Å². The molecule has 0 bridgehead atoms. The second-order valence-electron chi connectivity index (χ2n) is 6.93.